The van der Waals surface area contributed by atoms with Crippen molar-refractivity contribution in [2.24, 2.45) is 0 Å². The van der Waals surface area contributed by atoms with E-state index >= 15 is 0 Å². The molecule has 3 rings (SSSR count). The molecule has 1 aromatic heterocycles. The molecule has 0 radical (unpaired) electrons. The monoisotopic (exact) mass is 406 g/mol. The van der Waals surface area contributed by atoms with Crippen LogP contribution in [0.25, 0.3) is 10.9 Å². The van der Waals surface area contributed by atoms with Gasteiger partial charge in [-0.1, -0.05) is 30.3 Å². The number of benzene rings is 2. The van der Waals surface area contributed by atoms with E-state index in [1.54, 1.807) is 38.1 Å². The lowest BCUT2D eigenvalue weighted by atomic mass is 10.0. The molecule has 1 amide bonds. The van der Waals surface area contributed by atoms with Crippen molar-refractivity contribution < 1.29 is 23.9 Å². The second kappa shape index (κ2) is 9.17. The molecule has 7 nitrogen and oxygen atoms in total. The van der Waals surface area contributed by atoms with Crippen LogP contribution in [0.3, 0.4) is 0 Å². The highest BCUT2D eigenvalue weighted by Gasteiger charge is 2.19. The molecule has 154 valence electrons. The Labute approximate surface area is 174 Å². The number of rotatable bonds is 6. The lowest BCUT2D eigenvalue weighted by Gasteiger charge is -2.13. The van der Waals surface area contributed by atoms with Gasteiger partial charge in [0, 0.05) is 5.39 Å². The first-order valence-corrected chi connectivity index (χ1v) is 9.51. The summed E-state index contributed by atoms with van der Waals surface area (Å²) < 4.78 is 10.2. The maximum atomic E-state index is 12.6. The Morgan fingerprint density at radius 2 is 1.63 bits per heavy atom. The number of pyridine rings is 1. The van der Waals surface area contributed by atoms with Crippen molar-refractivity contribution >= 4 is 34.4 Å². The molecular formula is C23H22N2O5. The van der Waals surface area contributed by atoms with E-state index in [4.69, 9.17) is 9.47 Å². The summed E-state index contributed by atoms with van der Waals surface area (Å²) in [4.78, 5) is 41.4. The molecule has 0 saturated carbocycles. The van der Waals surface area contributed by atoms with Gasteiger partial charge in [0.15, 0.2) is 6.61 Å². The first-order valence-electron chi connectivity index (χ1n) is 9.51. The minimum atomic E-state index is -0.628. The van der Waals surface area contributed by atoms with E-state index in [-0.39, 0.29) is 17.9 Å². The summed E-state index contributed by atoms with van der Waals surface area (Å²) in [5.41, 5.74) is 2.92. The first-order chi connectivity index (χ1) is 14.4. The van der Waals surface area contributed by atoms with Crippen LogP contribution >= 0.6 is 0 Å². The molecule has 3 aromatic rings. The maximum Gasteiger partial charge on any atom is 0.340 e. The number of esters is 2. The van der Waals surface area contributed by atoms with Gasteiger partial charge < -0.3 is 14.8 Å². The summed E-state index contributed by atoms with van der Waals surface area (Å²) >= 11 is 0. The van der Waals surface area contributed by atoms with Gasteiger partial charge in [0.05, 0.1) is 34.6 Å². The van der Waals surface area contributed by atoms with Gasteiger partial charge in [-0.15, -0.1) is 0 Å². The fourth-order valence-electron chi connectivity index (χ4n) is 3.20. The molecule has 1 heterocycles. The zero-order valence-electron chi connectivity index (χ0n) is 17.0. The highest BCUT2D eigenvalue weighted by Crippen LogP contribution is 2.23. The second-order valence-corrected chi connectivity index (χ2v) is 6.60. The van der Waals surface area contributed by atoms with Crippen LogP contribution < -0.4 is 5.32 Å². The summed E-state index contributed by atoms with van der Waals surface area (Å²) in [5.74, 6) is -1.74. The van der Waals surface area contributed by atoms with Gasteiger partial charge in [-0.05, 0) is 44.5 Å². The number of nitrogens with one attached hydrogen (secondary N) is 1. The molecule has 0 saturated heterocycles. The SMILES string of the molecule is CCOC(=O)c1ccccc1NC(=O)COC(=O)c1c(C)nc2ccccc2c1C. The zero-order chi connectivity index (χ0) is 21.7. The minimum absolute atomic E-state index is 0.219. The van der Waals surface area contributed by atoms with Crippen molar-refractivity contribution in [1.82, 2.24) is 4.98 Å². The van der Waals surface area contributed by atoms with E-state index in [0.717, 1.165) is 16.5 Å². The third kappa shape index (κ3) is 4.46. The molecule has 2 aromatic carbocycles. The summed E-state index contributed by atoms with van der Waals surface area (Å²) in [5, 5.41) is 3.43. The number of aromatic nitrogens is 1. The summed E-state index contributed by atoms with van der Waals surface area (Å²) in [6.45, 7) is 4.97. The fourth-order valence-corrected chi connectivity index (χ4v) is 3.20. The largest absolute Gasteiger partial charge is 0.462 e. The molecule has 0 fully saturated rings. The van der Waals surface area contributed by atoms with Crippen LogP contribution in [0.1, 0.15) is 38.9 Å². The van der Waals surface area contributed by atoms with Gasteiger partial charge in [0.1, 0.15) is 0 Å². The Kier molecular flexibility index (Phi) is 6.41. The quantitative estimate of drug-likeness (QED) is 0.626. The number of amides is 1. The van der Waals surface area contributed by atoms with Crippen molar-refractivity contribution in [2.45, 2.75) is 20.8 Å². The molecule has 0 bridgehead atoms. The van der Waals surface area contributed by atoms with Crippen molar-refractivity contribution in [3.8, 4) is 0 Å². The first kappa shape index (κ1) is 21.0. The molecule has 0 aliphatic carbocycles. The number of fused-ring (bicyclic) bond motifs is 1. The summed E-state index contributed by atoms with van der Waals surface area (Å²) in [6, 6.07) is 14.0. The number of carbonyl (C=O) groups is 3. The number of hydrogen-bond acceptors (Lipinski definition) is 6. The van der Waals surface area contributed by atoms with Crippen molar-refractivity contribution in [3.63, 3.8) is 0 Å². The Balaban J connectivity index is 1.71. The molecule has 0 unspecified atom stereocenters. The molecule has 7 heteroatoms. The third-order valence-electron chi connectivity index (χ3n) is 4.57. The number of hydrogen-bond donors (Lipinski definition) is 1. The van der Waals surface area contributed by atoms with Crippen LogP contribution in [0.2, 0.25) is 0 Å². The highest BCUT2D eigenvalue weighted by atomic mass is 16.5. The topological polar surface area (TPSA) is 94.6 Å². The smallest absolute Gasteiger partial charge is 0.340 e. The molecule has 1 N–H and O–H groups in total. The lowest BCUT2D eigenvalue weighted by Crippen LogP contribution is -2.23. The number of anilines is 1. The van der Waals surface area contributed by atoms with Crippen molar-refractivity contribution in [2.75, 3.05) is 18.5 Å². The number of nitrogens with zero attached hydrogens (tertiary/aromatic N) is 1. The van der Waals surface area contributed by atoms with Gasteiger partial charge in [-0.25, -0.2) is 9.59 Å². The molecule has 30 heavy (non-hydrogen) atoms. The maximum absolute atomic E-state index is 12.6. The molecule has 0 aliphatic heterocycles. The Hall–Kier alpha value is -3.74. The van der Waals surface area contributed by atoms with Gasteiger partial charge in [-0.2, -0.15) is 0 Å². The van der Waals surface area contributed by atoms with Gasteiger partial charge in [0.2, 0.25) is 0 Å². The van der Waals surface area contributed by atoms with Crippen LogP contribution in [-0.4, -0.2) is 36.0 Å². The van der Waals surface area contributed by atoms with Crippen LogP contribution in [0, 0.1) is 13.8 Å². The van der Waals surface area contributed by atoms with Crippen LogP contribution in [0.4, 0.5) is 5.69 Å². The van der Waals surface area contributed by atoms with Crippen LogP contribution in [0.5, 0.6) is 0 Å². The fraction of sp³-hybridized carbons (Fsp3) is 0.217. The minimum Gasteiger partial charge on any atom is -0.462 e. The molecule has 0 atom stereocenters. The van der Waals surface area contributed by atoms with E-state index in [1.165, 1.54) is 0 Å². The second-order valence-electron chi connectivity index (χ2n) is 6.60. The van der Waals surface area contributed by atoms with Gasteiger partial charge >= 0.3 is 11.9 Å². The average Bonchev–Trinajstić information content (AvgIpc) is 2.73. The zero-order valence-corrected chi connectivity index (χ0v) is 17.0. The van der Waals surface area contributed by atoms with E-state index in [9.17, 15) is 14.4 Å². The number of aryl methyl sites for hydroxylation is 2. The van der Waals surface area contributed by atoms with E-state index in [1.807, 2.05) is 31.2 Å². The predicted octanol–water partition coefficient (Wildman–Crippen LogP) is 3.82. The predicted molar refractivity (Wildman–Crippen MR) is 113 cm³/mol. The molecule has 0 aliphatic rings. The Bertz CT molecular complexity index is 1120. The lowest BCUT2D eigenvalue weighted by molar-refractivity contribution is -0.119. The van der Waals surface area contributed by atoms with Crippen molar-refractivity contribution in [1.29, 1.82) is 0 Å². The number of ether oxygens (including phenoxy) is 2. The number of para-hydroxylation sites is 2. The highest BCUT2D eigenvalue weighted by molar-refractivity contribution is 6.03. The number of carbonyl (C=O) groups excluding carboxylic acids is 3. The van der Waals surface area contributed by atoms with Gasteiger partial charge in [-0.3, -0.25) is 9.78 Å². The van der Waals surface area contributed by atoms with Gasteiger partial charge in [0.25, 0.3) is 5.91 Å². The van der Waals surface area contributed by atoms with E-state index in [0.29, 0.717) is 11.3 Å². The van der Waals surface area contributed by atoms with E-state index in [2.05, 4.69) is 10.3 Å². The summed E-state index contributed by atoms with van der Waals surface area (Å²) in [6.07, 6.45) is 0. The standard InChI is InChI=1S/C23H22N2O5/c1-4-29-22(27)17-10-6-8-12-19(17)25-20(26)13-30-23(28)21-14(2)16-9-5-7-11-18(16)24-15(21)3/h5-12H,4,13H2,1-3H3,(H,25,26). The third-order valence-corrected chi connectivity index (χ3v) is 4.57. The Morgan fingerprint density at radius 1 is 0.933 bits per heavy atom. The molecule has 0 spiro atoms. The van der Waals surface area contributed by atoms with Crippen molar-refractivity contribution in [3.05, 3.63) is 70.9 Å². The summed E-state index contributed by atoms with van der Waals surface area (Å²) in [7, 11) is 0. The van der Waals surface area contributed by atoms with Crippen LogP contribution in [0.15, 0.2) is 48.5 Å². The normalized spacial score (nSPS) is 10.5. The molecular weight excluding hydrogens is 384 g/mol. The van der Waals surface area contributed by atoms with E-state index < -0.39 is 24.5 Å². The van der Waals surface area contributed by atoms with Crippen LogP contribution in [-0.2, 0) is 14.3 Å². The Morgan fingerprint density at radius 3 is 2.40 bits per heavy atom. The average molecular weight is 406 g/mol.